The molecule has 0 radical (unpaired) electrons. The number of rotatable bonds is 2. The van der Waals surface area contributed by atoms with E-state index in [9.17, 15) is 0 Å². The molecule has 0 unspecified atom stereocenters. The first kappa shape index (κ1) is 11.4. The smallest absolute Gasteiger partial charge is 0.0189 e. The lowest BCUT2D eigenvalue weighted by Crippen LogP contribution is -2.34. The second kappa shape index (κ2) is 4.45. The first-order valence-electron chi connectivity index (χ1n) is 6.43. The summed E-state index contributed by atoms with van der Waals surface area (Å²) in [5, 5.41) is 3.01. The van der Waals surface area contributed by atoms with Crippen LogP contribution in [0.3, 0.4) is 0 Å². The maximum Gasteiger partial charge on any atom is -0.0189 e. The topological polar surface area (TPSA) is 0 Å². The van der Waals surface area contributed by atoms with E-state index in [0.29, 0.717) is 11.8 Å². The standard InChI is InChI=1S/C16H22/c1-11(2)13-7-5-10-16-14(12(3)4)8-6-9-15(13)16/h5,7,9-12H,6,8H2,1-4H3. The van der Waals surface area contributed by atoms with Crippen LogP contribution in [0.5, 0.6) is 0 Å². The van der Waals surface area contributed by atoms with Crippen molar-refractivity contribution in [3.05, 3.63) is 34.2 Å². The van der Waals surface area contributed by atoms with Crippen LogP contribution in [0.15, 0.2) is 18.2 Å². The molecule has 0 aromatic heterocycles. The molecule has 0 saturated heterocycles. The molecule has 2 rings (SSSR count). The zero-order chi connectivity index (χ0) is 11.7. The molecule has 1 aromatic rings. The van der Waals surface area contributed by atoms with Crippen LogP contribution < -0.4 is 10.4 Å². The van der Waals surface area contributed by atoms with Crippen molar-refractivity contribution >= 4 is 11.6 Å². The quantitative estimate of drug-likeness (QED) is 0.709. The van der Waals surface area contributed by atoms with Gasteiger partial charge in [-0.25, -0.2) is 0 Å². The third-order valence-corrected chi connectivity index (χ3v) is 3.57. The van der Waals surface area contributed by atoms with Gasteiger partial charge in [0.1, 0.15) is 0 Å². The molecule has 0 spiro atoms. The molecular weight excluding hydrogens is 192 g/mol. The predicted molar refractivity (Wildman–Crippen MR) is 71.7 cm³/mol. The van der Waals surface area contributed by atoms with Gasteiger partial charge >= 0.3 is 0 Å². The van der Waals surface area contributed by atoms with Crippen LogP contribution in [0.1, 0.15) is 52.0 Å². The molecule has 0 heteroatoms. The zero-order valence-electron chi connectivity index (χ0n) is 10.9. The Morgan fingerprint density at radius 1 is 1.00 bits per heavy atom. The Labute approximate surface area is 98.7 Å². The lowest BCUT2D eigenvalue weighted by atomic mass is 9.88. The Morgan fingerprint density at radius 3 is 2.38 bits per heavy atom. The van der Waals surface area contributed by atoms with Gasteiger partial charge in [0.05, 0.1) is 0 Å². The molecule has 0 aliphatic heterocycles. The van der Waals surface area contributed by atoms with Gasteiger partial charge in [-0.3, -0.25) is 0 Å². The van der Waals surface area contributed by atoms with Crippen molar-refractivity contribution in [3.8, 4) is 0 Å². The number of hydrogen-bond acceptors (Lipinski definition) is 0. The molecule has 1 aliphatic carbocycles. The van der Waals surface area contributed by atoms with Crippen molar-refractivity contribution in [2.45, 2.75) is 46.5 Å². The van der Waals surface area contributed by atoms with Gasteiger partial charge in [0.25, 0.3) is 0 Å². The molecule has 0 bridgehead atoms. The van der Waals surface area contributed by atoms with E-state index in [-0.39, 0.29) is 0 Å². The van der Waals surface area contributed by atoms with Crippen molar-refractivity contribution in [3.63, 3.8) is 0 Å². The Bertz CT molecular complexity index is 489. The molecule has 0 N–H and O–H groups in total. The first-order valence-corrected chi connectivity index (χ1v) is 6.43. The molecule has 0 heterocycles. The predicted octanol–water partition coefficient (Wildman–Crippen LogP) is 3.19. The van der Waals surface area contributed by atoms with Gasteiger partial charge in [0.2, 0.25) is 0 Å². The van der Waals surface area contributed by atoms with Crippen molar-refractivity contribution in [1.82, 2.24) is 0 Å². The van der Waals surface area contributed by atoms with Gasteiger partial charge in [0.15, 0.2) is 0 Å². The summed E-state index contributed by atoms with van der Waals surface area (Å²) in [5.74, 6) is 1.30. The summed E-state index contributed by atoms with van der Waals surface area (Å²) >= 11 is 0. The van der Waals surface area contributed by atoms with E-state index in [1.807, 2.05) is 0 Å². The van der Waals surface area contributed by atoms with Crippen LogP contribution in [-0.2, 0) is 0 Å². The highest BCUT2D eigenvalue weighted by Crippen LogP contribution is 2.18. The van der Waals surface area contributed by atoms with E-state index in [4.69, 9.17) is 0 Å². The first-order chi connectivity index (χ1) is 7.61. The van der Waals surface area contributed by atoms with E-state index in [1.165, 1.54) is 28.8 Å². The van der Waals surface area contributed by atoms with Gasteiger partial charge < -0.3 is 0 Å². The van der Waals surface area contributed by atoms with E-state index in [1.54, 1.807) is 5.57 Å². The van der Waals surface area contributed by atoms with E-state index >= 15 is 0 Å². The van der Waals surface area contributed by atoms with Crippen LogP contribution in [0.2, 0.25) is 0 Å². The summed E-state index contributed by atoms with van der Waals surface area (Å²) in [4.78, 5) is 0. The molecule has 1 aliphatic rings. The maximum absolute atomic E-state index is 2.43. The fourth-order valence-corrected chi connectivity index (χ4v) is 2.70. The highest BCUT2D eigenvalue weighted by molar-refractivity contribution is 5.54. The molecule has 0 fully saturated rings. The van der Waals surface area contributed by atoms with Gasteiger partial charge in [-0.15, -0.1) is 0 Å². The lowest BCUT2D eigenvalue weighted by molar-refractivity contribution is 0.790. The molecule has 0 nitrogen and oxygen atoms in total. The third-order valence-electron chi connectivity index (χ3n) is 3.57. The monoisotopic (exact) mass is 214 g/mol. The minimum absolute atomic E-state index is 0.623. The summed E-state index contributed by atoms with van der Waals surface area (Å²) in [5.41, 5.74) is 3.15. The van der Waals surface area contributed by atoms with E-state index < -0.39 is 0 Å². The molecule has 0 amide bonds. The molecule has 0 atom stereocenters. The van der Waals surface area contributed by atoms with Crippen LogP contribution >= 0.6 is 0 Å². The van der Waals surface area contributed by atoms with Gasteiger partial charge in [-0.05, 0) is 40.7 Å². The Kier molecular flexibility index (Phi) is 3.18. The van der Waals surface area contributed by atoms with Crippen LogP contribution in [0.25, 0.3) is 11.6 Å². The van der Waals surface area contributed by atoms with E-state index in [0.717, 1.165) is 0 Å². The highest BCUT2D eigenvalue weighted by Gasteiger charge is 2.11. The maximum atomic E-state index is 2.43. The number of benzene rings is 1. The van der Waals surface area contributed by atoms with Crippen LogP contribution in [-0.4, -0.2) is 0 Å². The Balaban J connectivity index is 2.78. The van der Waals surface area contributed by atoms with Crippen molar-refractivity contribution < 1.29 is 0 Å². The van der Waals surface area contributed by atoms with Gasteiger partial charge in [-0.1, -0.05) is 57.5 Å². The van der Waals surface area contributed by atoms with Gasteiger partial charge in [0, 0.05) is 0 Å². The van der Waals surface area contributed by atoms with Crippen molar-refractivity contribution in [1.29, 1.82) is 0 Å². The zero-order valence-corrected chi connectivity index (χ0v) is 10.9. The molecule has 0 saturated carbocycles. The molecule has 86 valence electrons. The summed E-state index contributed by atoms with van der Waals surface area (Å²) in [7, 11) is 0. The lowest BCUT2D eigenvalue weighted by Gasteiger charge is -2.17. The summed E-state index contributed by atoms with van der Waals surface area (Å²) in [6.45, 7) is 9.19. The summed E-state index contributed by atoms with van der Waals surface area (Å²) in [6.07, 6.45) is 4.88. The summed E-state index contributed by atoms with van der Waals surface area (Å²) < 4.78 is 0. The molecule has 16 heavy (non-hydrogen) atoms. The molecule has 1 aromatic carbocycles. The fourth-order valence-electron chi connectivity index (χ4n) is 2.70. The fraction of sp³-hybridized carbons (Fsp3) is 0.500. The third kappa shape index (κ3) is 1.93. The van der Waals surface area contributed by atoms with Crippen molar-refractivity contribution in [2.24, 2.45) is 5.92 Å². The summed E-state index contributed by atoms with van der Waals surface area (Å²) in [6, 6.07) is 6.80. The average Bonchev–Trinajstić information content (AvgIpc) is 2.27. The highest BCUT2D eigenvalue weighted by atomic mass is 14.2. The normalized spacial score (nSPS) is 15.2. The van der Waals surface area contributed by atoms with Crippen LogP contribution in [0.4, 0.5) is 0 Å². The second-order valence-electron chi connectivity index (χ2n) is 5.39. The van der Waals surface area contributed by atoms with Gasteiger partial charge in [-0.2, -0.15) is 0 Å². The molecular formula is C16H22. The van der Waals surface area contributed by atoms with Crippen LogP contribution in [0, 0.1) is 5.92 Å². The minimum Gasteiger partial charge on any atom is -0.0761 e. The Hall–Kier alpha value is -1.04. The van der Waals surface area contributed by atoms with Crippen molar-refractivity contribution in [2.75, 3.05) is 0 Å². The van der Waals surface area contributed by atoms with E-state index in [2.05, 4.69) is 52.0 Å². The minimum atomic E-state index is 0.623. The average molecular weight is 214 g/mol. The number of hydrogen-bond donors (Lipinski definition) is 0. The Morgan fingerprint density at radius 2 is 1.75 bits per heavy atom. The largest absolute Gasteiger partial charge is 0.0761 e. The number of fused-ring (bicyclic) bond motifs is 1. The second-order valence-corrected chi connectivity index (χ2v) is 5.39. The SMILES string of the molecule is CC(C)C1=c2cccc(C(C)C)c2=CCC1.